The molecule has 1 saturated heterocycles. The highest BCUT2D eigenvalue weighted by Crippen LogP contribution is 2.25. The van der Waals surface area contributed by atoms with Crippen LogP contribution in [0.25, 0.3) is 0 Å². The minimum absolute atomic E-state index is 0.104. The van der Waals surface area contributed by atoms with Crippen molar-refractivity contribution < 1.29 is 22.0 Å². The fourth-order valence-corrected chi connectivity index (χ4v) is 3.81. The van der Waals surface area contributed by atoms with Crippen molar-refractivity contribution in [2.75, 3.05) is 13.1 Å². The largest absolute Gasteiger partial charge is 0.369 e. The average Bonchev–Trinajstić information content (AvgIpc) is 2.41. The van der Waals surface area contributed by atoms with Gasteiger partial charge in [0.15, 0.2) is 0 Å². The maximum absolute atomic E-state index is 13.6. The van der Waals surface area contributed by atoms with Gasteiger partial charge in [-0.05, 0) is 31.0 Å². The second-order valence-electron chi connectivity index (χ2n) is 4.68. The number of nitrogens with zero attached hydrogens (tertiary/aromatic N) is 1. The quantitative estimate of drug-likeness (QED) is 0.899. The first-order valence-electron chi connectivity index (χ1n) is 6.07. The third-order valence-electron chi connectivity index (χ3n) is 3.30. The van der Waals surface area contributed by atoms with Crippen LogP contribution in [0.1, 0.15) is 12.8 Å². The predicted octanol–water partition coefficient (Wildman–Crippen LogP) is 0.851. The van der Waals surface area contributed by atoms with Gasteiger partial charge >= 0.3 is 0 Å². The molecule has 0 radical (unpaired) electrons. The van der Waals surface area contributed by atoms with Gasteiger partial charge in [-0.2, -0.15) is 4.31 Å². The van der Waals surface area contributed by atoms with E-state index in [9.17, 15) is 22.0 Å². The molecular weight excluding hydrogens is 290 g/mol. The van der Waals surface area contributed by atoms with Gasteiger partial charge in [-0.15, -0.1) is 0 Å². The molecule has 2 N–H and O–H groups in total. The number of primary amides is 1. The number of piperidine rings is 1. The Hall–Kier alpha value is -1.54. The fraction of sp³-hybridized carbons (Fsp3) is 0.417. The molecule has 1 aromatic carbocycles. The Balaban J connectivity index is 2.35. The number of carbonyl (C=O) groups excluding carboxylic acids is 1. The summed E-state index contributed by atoms with van der Waals surface area (Å²) in [6.45, 7) is 0.0513. The number of hydrogen-bond acceptors (Lipinski definition) is 3. The van der Waals surface area contributed by atoms with Crippen LogP contribution in [-0.4, -0.2) is 31.7 Å². The van der Waals surface area contributed by atoms with Crippen LogP contribution in [0.15, 0.2) is 23.1 Å². The van der Waals surface area contributed by atoms with Gasteiger partial charge in [-0.3, -0.25) is 4.79 Å². The number of halogens is 2. The molecule has 1 atom stereocenters. The standard InChI is InChI=1S/C12H14F2N2O3S/c13-9-3-4-10(14)11(6-9)20(18,19)16-5-1-2-8(7-16)12(15)17/h3-4,6,8H,1-2,5,7H2,(H2,15,17). The molecule has 0 spiro atoms. The zero-order valence-electron chi connectivity index (χ0n) is 10.6. The Morgan fingerprint density at radius 1 is 1.35 bits per heavy atom. The van der Waals surface area contributed by atoms with E-state index in [1.54, 1.807) is 0 Å². The van der Waals surface area contributed by atoms with Crippen LogP contribution in [0, 0.1) is 17.6 Å². The van der Waals surface area contributed by atoms with Gasteiger partial charge in [0.1, 0.15) is 16.5 Å². The molecule has 1 aromatic rings. The Morgan fingerprint density at radius 2 is 2.05 bits per heavy atom. The predicted molar refractivity (Wildman–Crippen MR) is 67.0 cm³/mol. The van der Waals surface area contributed by atoms with Gasteiger partial charge in [-0.25, -0.2) is 17.2 Å². The summed E-state index contributed by atoms with van der Waals surface area (Å²) in [6.07, 6.45) is 0.941. The normalized spacial score (nSPS) is 20.8. The third-order valence-corrected chi connectivity index (χ3v) is 5.18. The maximum Gasteiger partial charge on any atom is 0.246 e. The molecule has 5 nitrogen and oxygen atoms in total. The number of nitrogens with two attached hydrogens (primary N) is 1. The molecule has 2 rings (SSSR count). The van der Waals surface area contributed by atoms with Crippen LogP contribution in [0.2, 0.25) is 0 Å². The minimum Gasteiger partial charge on any atom is -0.369 e. The SMILES string of the molecule is NC(=O)C1CCCN(S(=O)(=O)c2cc(F)ccc2F)C1. The van der Waals surface area contributed by atoms with Gasteiger partial charge in [0, 0.05) is 13.1 Å². The van der Waals surface area contributed by atoms with Crippen molar-refractivity contribution >= 4 is 15.9 Å². The highest BCUT2D eigenvalue weighted by molar-refractivity contribution is 7.89. The topological polar surface area (TPSA) is 80.5 Å². The number of hydrogen-bond donors (Lipinski definition) is 1. The lowest BCUT2D eigenvalue weighted by Crippen LogP contribution is -2.44. The van der Waals surface area contributed by atoms with Crippen molar-refractivity contribution in [2.24, 2.45) is 11.7 Å². The number of amides is 1. The molecule has 110 valence electrons. The summed E-state index contributed by atoms with van der Waals surface area (Å²) >= 11 is 0. The summed E-state index contributed by atoms with van der Waals surface area (Å²) in [5.41, 5.74) is 5.17. The molecule has 1 heterocycles. The van der Waals surface area contributed by atoms with Gasteiger partial charge in [0.05, 0.1) is 5.92 Å². The van der Waals surface area contributed by atoms with Crippen LogP contribution in [0.3, 0.4) is 0 Å². The third kappa shape index (κ3) is 2.80. The van der Waals surface area contributed by atoms with E-state index in [0.29, 0.717) is 18.9 Å². The molecule has 1 unspecified atom stereocenters. The molecule has 20 heavy (non-hydrogen) atoms. The lowest BCUT2D eigenvalue weighted by Gasteiger charge is -2.30. The summed E-state index contributed by atoms with van der Waals surface area (Å²) in [5.74, 6) is -3.05. The molecule has 1 amide bonds. The highest BCUT2D eigenvalue weighted by atomic mass is 32.2. The zero-order chi connectivity index (χ0) is 14.9. The molecule has 0 saturated carbocycles. The molecule has 1 fully saturated rings. The smallest absolute Gasteiger partial charge is 0.246 e. The second kappa shape index (κ2) is 5.45. The van der Waals surface area contributed by atoms with E-state index in [1.165, 1.54) is 0 Å². The Labute approximate surface area is 115 Å². The lowest BCUT2D eigenvalue weighted by atomic mass is 9.99. The summed E-state index contributed by atoms with van der Waals surface area (Å²) in [5, 5.41) is 0. The van der Waals surface area contributed by atoms with Crippen LogP contribution in [0.5, 0.6) is 0 Å². The first-order chi connectivity index (χ1) is 9.32. The van der Waals surface area contributed by atoms with E-state index in [1.807, 2.05) is 0 Å². The van der Waals surface area contributed by atoms with Gasteiger partial charge in [0.2, 0.25) is 15.9 Å². The monoisotopic (exact) mass is 304 g/mol. The first-order valence-corrected chi connectivity index (χ1v) is 7.51. The molecular formula is C12H14F2N2O3S. The van der Waals surface area contributed by atoms with Gasteiger partial charge in [-0.1, -0.05) is 0 Å². The number of rotatable bonds is 3. The molecule has 0 aliphatic carbocycles. The van der Waals surface area contributed by atoms with E-state index in [-0.39, 0.29) is 13.1 Å². The van der Waals surface area contributed by atoms with Crippen molar-refractivity contribution in [3.63, 3.8) is 0 Å². The van der Waals surface area contributed by atoms with Gasteiger partial charge < -0.3 is 5.73 Å². The molecule has 1 aliphatic rings. The Morgan fingerprint density at radius 3 is 2.70 bits per heavy atom. The van der Waals surface area contributed by atoms with E-state index < -0.39 is 38.4 Å². The molecule has 0 aromatic heterocycles. The van der Waals surface area contributed by atoms with E-state index in [4.69, 9.17) is 5.73 Å². The first kappa shape index (κ1) is 14.9. The van der Waals surface area contributed by atoms with Crippen LogP contribution in [-0.2, 0) is 14.8 Å². The summed E-state index contributed by atoms with van der Waals surface area (Å²) < 4.78 is 52.3. The fourth-order valence-electron chi connectivity index (χ4n) is 2.21. The van der Waals surface area contributed by atoms with E-state index in [0.717, 1.165) is 16.4 Å². The maximum atomic E-state index is 13.6. The minimum atomic E-state index is -4.17. The molecule has 8 heteroatoms. The van der Waals surface area contributed by atoms with Crippen LogP contribution < -0.4 is 5.73 Å². The highest BCUT2D eigenvalue weighted by Gasteiger charge is 2.34. The number of sulfonamides is 1. The summed E-state index contributed by atoms with van der Waals surface area (Å²) in [7, 11) is -4.17. The summed E-state index contributed by atoms with van der Waals surface area (Å²) in [6, 6.07) is 2.24. The molecule has 0 bridgehead atoms. The number of carbonyl (C=O) groups is 1. The van der Waals surface area contributed by atoms with Crippen molar-refractivity contribution in [1.82, 2.24) is 4.31 Å². The van der Waals surface area contributed by atoms with Gasteiger partial charge in [0.25, 0.3) is 0 Å². The Bertz CT molecular complexity index is 634. The van der Waals surface area contributed by atoms with Crippen molar-refractivity contribution in [3.8, 4) is 0 Å². The van der Waals surface area contributed by atoms with E-state index in [2.05, 4.69) is 0 Å². The average molecular weight is 304 g/mol. The van der Waals surface area contributed by atoms with Crippen molar-refractivity contribution in [2.45, 2.75) is 17.7 Å². The van der Waals surface area contributed by atoms with Crippen molar-refractivity contribution in [1.29, 1.82) is 0 Å². The Kier molecular flexibility index (Phi) is 4.05. The van der Waals surface area contributed by atoms with Crippen molar-refractivity contribution in [3.05, 3.63) is 29.8 Å². The number of benzene rings is 1. The zero-order valence-corrected chi connectivity index (χ0v) is 11.4. The second-order valence-corrected chi connectivity index (χ2v) is 6.59. The van der Waals surface area contributed by atoms with Crippen LogP contribution in [0.4, 0.5) is 8.78 Å². The van der Waals surface area contributed by atoms with Crippen LogP contribution >= 0.6 is 0 Å². The molecule has 1 aliphatic heterocycles. The van der Waals surface area contributed by atoms with E-state index >= 15 is 0 Å². The lowest BCUT2D eigenvalue weighted by molar-refractivity contribution is -0.122. The summed E-state index contributed by atoms with van der Waals surface area (Å²) in [4.78, 5) is 10.4.